The van der Waals surface area contributed by atoms with Crippen molar-refractivity contribution in [3.05, 3.63) is 149 Å². The summed E-state index contributed by atoms with van der Waals surface area (Å²) in [5.74, 6) is -1.06. The second kappa shape index (κ2) is 14.2. The molecule has 0 radical (unpaired) electrons. The van der Waals surface area contributed by atoms with Gasteiger partial charge < -0.3 is 19.7 Å². The molecule has 3 heterocycles. The largest absolute Gasteiger partial charge is 0.497 e. The molecule has 52 heavy (non-hydrogen) atoms. The van der Waals surface area contributed by atoms with Gasteiger partial charge >= 0.3 is 0 Å². The second-order valence-electron chi connectivity index (χ2n) is 11.9. The Balaban J connectivity index is 1.19. The van der Waals surface area contributed by atoms with Gasteiger partial charge in [-0.1, -0.05) is 24.3 Å². The van der Waals surface area contributed by atoms with E-state index >= 15 is 4.39 Å². The molecule has 1 N–H and O–H groups in total. The Morgan fingerprint density at radius 2 is 1.62 bits per heavy atom. The van der Waals surface area contributed by atoms with Crippen molar-refractivity contribution in [2.45, 2.75) is 6.54 Å². The molecule has 11 nitrogen and oxygen atoms in total. The number of hydrogen-bond donors (Lipinski definition) is 1. The van der Waals surface area contributed by atoms with Gasteiger partial charge in [0.1, 0.15) is 28.6 Å². The lowest BCUT2D eigenvalue weighted by Crippen LogP contribution is -2.29. The molecule has 0 spiro atoms. The van der Waals surface area contributed by atoms with E-state index in [1.165, 1.54) is 48.7 Å². The number of carbonyl (C=O) groups is 1. The van der Waals surface area contributed by atoms with Gasteiger partial charge in [0, 0.05) is 49.5 Å². The van der Waals surface area contributed by atoms with Crippen LogP contribution >= 0.6 is 0 Å². The first kappa shape index (κ1) is 33.6. The highest BCUT2D eigenvalue weighted by Gasteiger charge is 2.21. The van der Waals surface area contributed by atoms with Crippen molar-refractivity contribution >= 4 is 28.3 Å². The number of nitrogens with zero attached hydrogens (tertiary/aromatic N) is 6. The molecule has 0 aliphatic carbocycles. The lowest BCUT2D eigenvalue weighted by atomic mass is 10.1. The zero-order valence-corrected chi connectivity index (χ0v) is 28.2. The van der Waals surface area contributed by atoms with E-state index in [-0.39, 0.29) is 22.7 Å². The van der Waals surface area contributed by atoms with Crippen LogP contribution in [0.1, 0.15) is 15.9 Å². The van der Waals surface area contributed by atoms with E-state index in [1.807, 2.05) is 67.5 Å². The zero-order valence-electron chi connectivity index (χ0n) is 28.2. The third kappa shape index (κ3) is 6.79. The van der Waals surface area contributed by atoms with Crippen LogP contribution in [0.5, 0.6) is 17.2 Å². The summed E-state index contributed by atoms with van der Waals surface area (Å²) in [5.41, 5.74) is 3.33. The normalized spacial score (nSPS) is 11.0. The number of anilines is 2. The van der Waals surface area contributed by atoms with Crippen LogP contribution in [-0.4, -0.2) is 51.7 Å². The Morgan fingerprint density at radius 3 is 2.31 bits per heavy atom. The van der Waals surface area contributed by atoms with E-state index in [9.17, 15) is 14.0 Å². The fraction of sp³-hybridized carbons (Fsp3) is 0.103. The van der Waals surface area contributed by atoms with Crippen molar-refractivity contribution in [2.75, 3.05) is 31.4 Å². The van der Waals surface area contributed by atoms with E-state index in [0.29, 0.717) is 29.0 Å². The molecule has 0 unspecified atom stereocenters. The van der Waals surface area contributed by atoms with Crippen molar-refractivity contribution in [1.82, 2.24) is 24.5 Å². The Morgan fingerprint density at radius 1 is 0.865 bits per heavy atom. The highest BCUT2D eigenvalue weighted by Crippen LogP contribution is 2.38. The number of benzene rings is 4. The summed E-state index contributed by atoms with van der Waals surface area (Å²) in [4.78, 5) is 32.8. The fourth-order valence-corrected chi connectivity index (χ4v) is 5.62. The Kier molecular flexibility index (Phi) is 9.14. The van der Waals surface area contributed by atoms with E-state index in [2.05, 4.69) is 15.4 Å². The lowest BCUT2D eigenvalue weighted by Gasteiger charge is -2.13. The monoisotopic (exact) mass is 699 g/mol. The number of nitrogens with one attached hydrogen (secondary N) is 1. The third-order valence-corrected chi connectivity index (χ3v) is 8.31. The minimum Gasteiger partial charge on any atom is -0.497 e. The predicted molar refractivity (Wildman–Crippen MR) is 194 cm³/mol. The Hall–Kier alpha value is -6.89. The molecule has 0 aliphatic rings. The molecule has 7 rings (SSSR count). The average molecular weight is 700 g/mol. The summed E-state index contributed by atoms with van der Waals surface area (Å²) in [5, 5.41) is 12.1. The number of hydrogen-bond acceptors (Lipinski definition) is 8. The first-order valence-electron chi connectivity index (χ1n) is 16.1. The fourth-order valence-electron chi connectivity index (χ4n) is 5.62. The van der Waals surface area contributed by atoms with Crippen LogP contribution in [0.15, 0.2) is 120 Å². The van der Waals surface area contributed by atoms with Crippen LogP contribution in [0, 0.1) is 11.6 Å². The summed E-state index contributed by atoms with van der Waals surface area (Å²) in [7, 11) is 5.53. The van der Waals surface area contributed by atoms with Crippen LogP contribution in [0.2, 0.25) is 0 Å². The van der Waals surface area contributed by atoms with Gasteiger partial charge in [-0.05, 0) is 78.4 Å². The number of rotatable bonds is 10. The summed E-state index contributed by atoms with van der Waals surface area (Å²) in [6.07, 6.45) is 2.85. The van der Waals surface area contributed by atoms with Crippen molar-refractivity contribution in [1.29, 1.82) is 0 Å². The smallest absolute Gasteiger partial charge is 0.284 e. The van der Waals surface area contributed by atoms with Gasteiger partial charge in [0.25, 0.3) is 11.5 Å². The van der Waals surface area contributed by atoms with Gasteiger partial charge in [0.05, 0.1) is 24.7 Å². The summed E-state index contributed by atoms with van der Waals surface area (Å²) in [6, 6.07) is 27.5. The van der Waals surface area contributed by atoms with Gasteiger partial charge in [-0.25, -0.2) is 18.4 Å². The first-order chi connectivity index (χ1) is 25.2. The van der Waals surface area contributed by atoms with Crippen LogP contribution in [0.4, 0.5) is 20.2 Å². The minimum atomic E-state index is -0.777. The number of methoxy groups -OCH3 is 1. The number of pyridine rings is 1. The number of carbonyl (C=O) groups excluding carboxylic acids is 1. The van der Waals surface area contributed by atoms with Crippen molar-refractivity contribution in [3.63, 3.8) is 0 Å². The van der Waals surface area contributed by atoms with Gasteiger partial charge in [-0.2, -0.15) is 14.9 Å². The maximum Gasteiger partial charge on any atom is 0.284 e. The van der Waals surface area contributed by atoms with E-state index in [4.69, 9.17) is 14.6 Å². The van der Waals surface area contributed by atoms with Crippen LogP contribution in [-0.2, 0) is 6.54 Å². The number of aromatic nitrogens is 5. The van der Waals surface area contributed by atoms with Gasteiger partial charge in [0.2, 0.25) is 0 Å². The molecular formula is C39H31F2N7O4. The highest BCUT2D eigenvalue weighted by molar-refractivity contribution is 6.04. The predicted octanol–water partition coefficient (Wildman–Crippen LogP) is 7.09. The molecule has 3 aromatic heterocycles. The molecular weight excluding hydrogens is 668 g/mol. The standard InChI is InChI=1S/C39H31F2N7O4/c1-46(2)28-11-6-25(7-12-28)36-35-34(19-20-42-37(35)47(45-36)23-24-4-15-30(51-3)16-5-24)52-33-17-10-27(22-32(33)41)44-38(49)31-18-21-43-48(39(31)50)29-13-8-26(40)9-14-29/h4-22H,23H2,1-3H3,(H,44,49). The van der Waals surface area contributed by atoms with E-state index in [0.717, 1.165) is 33.3 Å². The molecule has 0 saturated heterocycles. The highest BCUT2D eigenvalue weighted by atomic mass is 19.1. The molecule has 0 atom stereocenters. The number of ether oxygens (including phenoxy) is 2. The number of halogens is 2. The Labute approximate surface area is 296 Å². The van der Waals surface area contributed by atoms with Crippen LogP contribution in [0.3, 0.4) is 0 Å². The third-order valence-electron chi connectivity index (χ3n) is 8.31. The van der Waals surface area contributed by atoms with E-state index < -0.39 is 23.1 Å². The molecule has 0 fully saturated rings. The summed E-state index contributed by atoms with van der Waals surface area (Å²) in [6.45, 7) is 0.405. The van der Waals surface area contributed by atoms with Gasteiger partial charge in [-0.3, -0.25) is 9.59 Å². The SMILES string of the molecule is COc1ccc(Cn2nc(-c3ccc(N(C)C)cc3)c3c(Oc4ccc(NC(=O)c5ccnn(-c6ccc(F)cc6)c5=O)cc4F)ccnc32)cc1. The maximum absolute atomic E-state index is 15.7. The lowest BCUT2D eigenvalue weighted by molar-refractivity contribution is 0.102. The van der Waals surface area contributed by atoms with E-state index in [1.54, 1.807) is 24.1 Å². The van der Waals surface area contributed by atoms with Crippen molar-refractivity contribution in [2.24, 2.45) is 0 Å². The second-order valence-corrected chi connectivity index (χ2v) is 11.9. The van der Waals surface area contributed by atoms with Gasteiger partial charge in [0.15, 0.2) is 17.2 Å². The molecule has 1 amide bonds. The zero-order chi connectivity index (χ0) is 36.4. The maximum atomic E-state index is 15.7. The number of amides is 1. The van der Waals surface area contributed by atoms with Gasteiger partial charge in [-0.15, -0.1) is 0 Å². The molecule has 0 saturated carbocycles. The molecule has 260 valence electrons. The molecule has 13 heteroatoms. The first-order valence-corrected chi connectivity index (χ1v) is 16.1. The molecule has 0 bridgehead atoms. The molecule has 7 aromatic rings. The quantitative estimate of drug-likeness (QED) is 0.161. The molecule has 4 aromatic carbocycles. The summed E-state index contributed by atoms with van der Waals surface area (Å²) < 4.78 is 43.3. The van der Waals surface area contributed by atoms with Crippen molar-refractivity contribution in [3.8, 4) is 34.2 Å². The summed E-state index contributed by atoms with van der Waals surface area (Å²) >= 11 is 0. The topological polar surface area (TPSA) is 116 Å². The minimum absolute atomic E-state index is 0.0910. The van der Waals surface area contributed by atoms with Crippen LogP contribution in [0.25, 0.3) is 28.0 Å². The number of fused-ring (bicyclic) bond motifs is 1. The average Bonchev–Trinajstić information content (AvgIpc) is 3.52. The Bertz CT molecular complexity index is 2460. The van der Waals surface area contributed by atoms with Crippen LogP contribution < -0.4 is 25.2 Å². The molecule has 0 aliphatic heterocycles. The van der Waals surface area contributed by atoms with Crippen molar-refractivity contribution < 1.29 is 23.0 Å².